The third-order valence-corrected chi connectivity index (χ3v) is 9.99. The van der Waals surface area contributed by atoms with Gasteiger partial charge < -0.3 is 19.8 Å². The molecule has 3 atom stereocenters. The van der Waals surface area contributed by atoms with Gasteiger partial charge in [0.1, 0.15) is 17.8 Å². The molecule has 0 aromatic rings. The number of allylic oxidation sites excluding steroid dienone is 2. The number of nitrogens with zero attached hydrogens (tertiary/aromatic N) is 1. The molecule has 0 heterocycles. The van der Waals surface area contributed by atoms with Crippen LogP contribution in [0, 0.1) is 17.8 Å². The van der Waals surface area contributed by atoms with Gasteiger partial charge in [-0.15, -0.1) is 0 Å². The molecular formula is C39H74NO6+. The second-order valence-corrected chi connectivity index (χ2v) is 14.0. The van der Waals surface area contributed by atoms with Crippen molar-refractivity contribution >= 4 is 17.9 Å². The van der Waals surface area contributed by atoms with Crippen LogP contribution >= 0.6 is 0 Å². The molecule has 7 nitrogen and oxygen atoms in total. The lowest BCUT2D eigenvalue weighted by Gasteiger charge is -2.43. The number of quaternary nitrogens is 1. The van der Waals surface area contributed by atoms with E-state index in [2.05, 4.69) is 19.1 Å². The molecule has 0 rings (SSSR count). The van der Waals surface area contributed by atoms with Gasteiger partial charge in [-0.05, 0) is 51.4 Å². The first kappa shape index (κ1) is 44.1. The third kappa shape index (κ3) is 22.6. The lowest BCUT2D eigenvalue weighted by atomic mass is 9.95. The summed E-state index contributed by atoms with van der Waals surface area (Å²) in [5.74, 6) is -4.50. The molecule has 46 heavy (non-hydrogen) atoms. The van der Waals surface area contributed by atoms with Crippen LogP contribution in [0.15, 0.2) is 12.2 Å². The van der Waals surface area contributed by atoms with Crippen molar-refractivity contribution in [3.8, 4) is 0 Å². The summed E-state index contributed by atoms with van der Waals surface area (Å²) in [4.78, 5) is 36.0. The Hall–Kier alpha value is -1.89. The van der Waals surface area contributed by atoms with Gasteiger partial charge in [-0.25, -0.2) is 0 Å². The zero-order valence-corrected chi connectivity index (χ0v) is 30.5. The average Bonchev–Trinajstić information content (AvgIpc) is 3.03. The Balaban J connectivity index is 4.41. The molecule has 7 heteroatoms. The first-order valence-corrected chi connectivity index (χ1v) is 19.3. The van der Waals surface area contributed by atoms with E-state index in [4.69, 9.17) is 0 Å². The lowest BCUT2D eigenvalue weighted by Crippen LogP contribution is -2.58. The van der Waals surface area contributed by atoms with Gasteiger partial charge in [-0.1, -0.05) is 136 Å². The van der Waals surface area contributed by atoms with Gasteiger partial charge in [0.05, 0.1) is 26.2 Å². The predicted octanol–water partition coefficient (Wildman–Crippen LogP) is 10.5. The zero-order valence-electron chi connectivity index (χ0n) is 30.5. The molecule has 0 spiro atoms. The molecule has 0 bridgehead atoms. The highest BCUT2D eigenvalue weighted by Crippen LogP contribution is 2.25. The molecule has 0 aliphatic carbocycles. The minimum atomic E-state index is -0.885. The van der Waals surface area contributed by atoms with Crippen LogP contribution < -0.4 is 0 Å². The summed E-state index contributed by atoms with van der Waals surface area (Å²) in [6, 6.07) is 0. The molecule has 0 aromatic heterocycles. The van der Waals surface area contributed by atoms with E-state index in [9.17, 15) is 29.7 Å². The van der Waals surface area contributed by atoms with E-state index < -0.39 is 35.7 Å². The molecule has 0 saturated heterocycles. The molecule has 0 aliphatic heterocycles. The van der Waals surface area contributed by atoms with E-state index in [0.717, 1.165) is 19.3 Å². The Kier molecular flexibility index (Phi) is 28.1. The number of carboxylic acids is 3. The summed E-state index contributed by atoms with van der Waals surface area (Å²) in [6.45, 7) is 9.27. The minimum absolute atomic E-state index is 0.261. The molecular weight excluding hydrogens is 578 g/mol. The van der Waals surface area contributed by atoms with E-state index >= 15 is 0 Å². The van der Waals surface area contributed by atoms with Gasteiger partial charge in [-0.2, -0.15) is 0 Å². The van der Waals surface area contributed by atoms with Crippen molar-refractivity contribution in [2.24, 2.45) is 17.8 Å². The van der Waals surface area contributed by atoms with Crippen molar-refractivity contribution in [2.45, 2.75) is 175 Å². The van der Waals surface area contributed by atoms with Gasteiger partial charge in [-0.3, -0.25) is 14.4 Å². The van der Waals surface area contributed by atoms with Gasteiger partial charge in [0.2, 0.25) is 0 Å². The molecule has 270 valence electrons. The Labute approximate surface area is 283 Å². The van der Waals surface area contributed by atoms with Crippen molar-refractivity contribution in [1.29, 1.82) is 0 Å². The van der Waals surface area contributed by atoms with E-state index in [1.807, 2.05) is 20.8 Å². The summed E-state index contributed by atoms with van der Waals surface area (Å²) < 4.78 is 0.261. The number of hydrogen-bond donors (Lipinski definition) is 3. The number of carbonyl (C=O) groups is 3. The Bertz CT molecular complexity index is 738. The normalized spacial score (nSPS) is 15.0. The molecule has 0 radical (unpaired) electrons. The standard InChI is InChI=1S/C39H73NO6/c1-5-9-10-11-12-13-14-15-16-17-18-19-20-21-22-23-24-25-26-27-28-29-30-40(31-34(6-2)37(41)42,32-35(7-3)38(43)44)33-36(8-4)39(45)46/h11-12,34-36H,5-10,13-33H2,1-4H3,(H2-,41,42,43,44,45,46)/p+1/b12-11+. The van der Waals surface area contributed by atoms with Crippen LogP contribution in [0.3, 0.4) is 0 Å². The van der Waals surface area contributed by atoms with Crippen molar-refractivity contribution in [1.82, 2.24) is 0 Å². The van der Waals surface area contributed by atoms with Crippen LogP contribution in [-0.4, -0.2) is 63.9 Å². The van der Waals surface area contributed by atoms with Crippen molar-refractivity contribution in [3.05, 3.63) is 12.2 Å². The SMILES string of the molecule is CCCC/C=C/CCCCCCCCCCCCCCCCCC[N+](CC(CC)C(=O)O)(CC(CC)C(=O)O)CC(CC)C(=O)O. The second-order valence-electron chi connectivity index (χ2n) is 14.0. The van der Waals surface area contributed by atoms with Crippen LogP contribution in [0.5, 0.6) is 0 Å². The quantitative estimate of drug-likeness (QED) is 0.0362. The highest BCUT2D eigenvalue weighted by molar-refractivity contribution is 5.71. The minimum Gasteiger partial charge on any atom is -0.481 e. The predicted molar refractivity (Wildman–Crippen MR) is 191 cm³/mol. The summed E-state index contributed by atoms with van der Waals surface area (Å²) in [6.07, 6.45) is 31.4. The molecule has 0 amide bonds. The summed E-state index contributed by atoms with van der Waals surface area (Å²) >= 11 is 0. The maximum absolute atomic E-state index is 12.0. The Morgan fingerprint density at radius 3 is 1.02 bits per heavy atom. The first-order chi connectivity index (χ1) is 22.2. The molecule has 0 saturated carbocycles. The fourth-order valence-electron chi connectivity index (χ4n) is 6.79. The topological polar surface area (TPSA) is 112 Å². The molecule has 3 N–H and O–H groups in total. The molecule has 0 aromatic carbocycles. The van der Waals surface area contributed by atoms with Crippen LogP contribution in [0.1, 0.15) is 175 Å². The number of rotatable bonds is 34. The highest BCUT2D eigenvalue weighted by Gasteiger charge is 2.40. The Morgan fingerprint density at radius 1 is 0.457 bits per heavy atom. The molecule has 0 aliphatic rings. The maximum Gasteiger partial charge on any atom is 0.312 e. The van der Waals surface area contributed by atoms with Crippen LogP contribution in [0.2, 0.25) is 0 Å². The lowest BCUT2D eigenvalue weighted by molar-refractivity contribution is -0.935. The third-order valence-electron chi connectivity index (χ3n) is 9.99. The van der Waals surface area contributed by atoms with Gasteiger partial charge in [0, 0.05) is 0 Å². The van der Waals surface area contributed by atoms with E-state index in [1.165, 1.54) is 109 Å². The van der Waals surface area contributed by atoms with Crippen LogP contribution in [-0.2, 0) is 14.4 Å². The second kappa shape index (κ2) is 29.3. The smallest absolute Gasteiger partial charge is 0.312 e. The van der Waals surface area contributed by atoms with Gasteiger partial charge >= 0.3 is 17.9 Å². The fourth-order valence-corrected chi connectivity index (χ4v) is 6.79. The summed E-state index contributed by atoms with van der Waals surface area (Å²) in [5, 5.41) is 29.5. The number of carboxylic acid groups (broad SMARTS) is 3. The number of unbranched alkanes of at least 4 members (excludes halogenated alkanes) is 18. The number of aliphatic carboxylic acids is 3. The van der Waals surface area contributed by atoms with E-state index in [1.54, 1.807) is 0 Å². The largest absolute Gasteiger partial charge is 0.481 e. The highest BCUT2D eigenvalue weighted by atomic mass is 16.4. The van der Waals surface area contributed by atoms with E-state index in [0.29, 0.717) is 25.8 Å². The summed E-state index contributed by atoms with van der Waals surface area (Å²) in [5.41, 5.74) is 0. The Morgan fingerprint density at radius 2 is 0.739 bits per heavy atom. The van der Waals surface area contributed by atoms with Gasteiger partial charge in [0.25, 0.3) is 0 Å². The van der Waals surface area contributed by atoms with Crippen molar-refractivity contribution in [3.63, 3.8) is 0 Å². The van der Waals surface area contributed by atoms with Crippen molar-refractivity contribution < 1.29 is 34.2 Å². The summed E-state index contributed by atoms with van der Waals surface area (Å²) in [7, 11) is 0. The number of hydrogen-bond acceptors (Lipinski definition) is 3. The molecule has 0 fully saturated rings. The van der Waals surface area contributed by atoms with Gasteiger partial charge in [0.15, 0.2) is 0 Å². The van der Waals surface area contributed by atoms with Crippen molar-refractivity contribution in [2.75, 3.05) is 26.2 Å². The fraction of sp³-hybridized carbons (Fsp3) is 0.872. The molecule has 3 unspecified atom stereocenters. The van der Waals surface area contributed by atoms with Crippen LogP contribution in [0.25, 0.3) is 0 Å². The zero-order chi connectivity index (χ0) is 34.5. The first-order valence-electron chi connectivity index (χ1n) is 19.3. The van der Waals surface area contributed by atoms with E-state index in [-0.39, 0.29) is 24.1 Å². The maximum atomic E-state index is 12.0. The monoisotopic (exact) mass is 653 g/mol. The van der Waals surface area contributed by atoms with Crippen LogP contribution in [0.4, 0.5) is 0 Å². The average molecular weight is 653 g/mol.